The van der Waals surface area contributed by atoms with E-state index in [1.165, 1.54) is 0 Å². The zero-order valence-electron chi connectivity index (χ0n) is 18.0. The molecule has 1 atom stereocenters. The van der Waals surface area contributed by atoms with Gasteiger partial charge < -0.3 is 10.2 Å². The van der Waals surface area contributed by atoms with Crippen molar-refractivity contribution in [3.63, 3.8) is 0 Å². The fourth-order valence-corrected chi connectivity index (χ4v) is 4.65. The summed E-state index contributed by atoms with van der Waals surface area (Å²) in [5.74, 6) is 0.0644. The van der Waals surface area contributed by atoms with Gasteiger partial charge in [-0.25, -0.2) is 4.79 Å². The van der Waals surface area contributed by atoms with Gasteiger partial charge >= 0.3 is 6.03 Å². The maximum atomic E-state index is 13.1. The average molecular weight is 411 g/mol. The molecule has 0 aromatic heterocycles. The molecule has 1 unspecified atom stereocenters. The van der Waals surface area contributed by atoms with E-state index < -0.39 is 11.6 Å². The second kappa shape index (κ2) is 8.86. The number of rotatable bonds is 6. The molecule has 2 fully saturated rings. The van der Waals surface area contributed by atoms with E-state index in [4.69, 9.17) is 5.26 Å². The first-order valence-electron chi connectivity index (χ1n) is 10.8. The van der Waals surface area contributed by atoms with Crippen molar-refractivity contribution in [3.8, 4) is 6.07 Å². The molecule has 1 aliphatic heterocycles. The van der Waals surface area contributed by atoms with Crippen LogP contribution in [0.1, 0.15) is 70.0 Å². The Balaban J connectivity index is 1.69. The highest BCUT2D eigenvalue weighted by atomic mass is 16.2. The summed E-state index contributed by atoms with van der Waals surface area (Å²) in [5.41, 5.74) is 0.622. The molecule has 0 bridgehead atoms. The zero-order chi connectivity index (χ0) is 21.9. The number of nitrogens with one attached hydrogen (secondary N) is 1. The Kier molecular flexibility index (Phi) is 6.45. The van der Waals surface area contributed by atoms with E-state index >= 15 is 0 Å². The summed E-state index contributed by atoms with van der Waals surface area (Å²) in [6.45, 7) is 6.13. The third kappa shape index (κ3) is 4.04. The number of nitriles is 1. The predicted octanol–water partition coefficient (Wildman–Crippen LogP) is 3.36. The maximum absolute atomic E-state index is 13.1. The highest BCUT2D eigenvalue weighted by Crippen LogP contribution is 2.37. The van der Waals surface area contributed by atoms with Crippen LogP contribution in [0.25, 0.3) is 0 Å². The van der Waals surface area contributed by atoms with E-state index in [-0.39, 0.29) is 24.4 Å². The Bertz CT molecular complexity index is 850. The van der Waals surface area contributed by atoms with Crippen molar-refractivity contribution in [2.45, 2.75) is 64.5 Å². The summed E-state index contributed by atoms with van der Waals surface area (Å²) in [6.07, 6.45) is 4.20. The number of imide groups is 1. The van der Waals surface area contributed by atoms with Crippen LogP contribution in [0.4, 0.5) is 4.79 Å². The molecule has 3 rings (SSSR count). The lowest BCUT2D eigenvalue weighted by atomic mass is 9.75. The Hall–Kier alpha value is -2.88. The van der Waals surface area contributed by atoms with Crippen LogP contribution in [-0.4, -0.2) is 46.3 Å². The van der Waals surface area contributed by atoms with E-state index in [9.17, 15) is 14.4 Å². The summed E-state index contributed by atoms with van der Waals surface area (Å²) in [6, 6.07) is 8.48. The third-order valence-corrected chi connectivity index (χ3v) is 6.73. The second-order valence-corrected chi connectivity index (χ2v) is 8.34. The largest absolute Gasteiger partial charge is 0.335 e. The van der Waals surface area contributed by atoms with E-state index in [0.29, 0.717) is 30.9 Å². The van der Waals surface area contributed by atoms with Gasteiger partial charge in [0.05, 0.1) is 17.7 Å². The number of hydrogen-bond acceptors (Lipinski definition) is 4. The van der Waals surface area contributed by atoms with Crippen LogP contribution in [0.3, 0.4) is 0 Å². The van der Waals surface area contributed by atoms with Crippen LogP contribution < -0.4 is 5.32 Å². The van der Waals surface area contributed by atoms with Gasteiger partial charge in [-0.3, -0.25) is 14.5 Å². The van der Waals surface area contributed by atoms with Gasteiger partial charge in [-0.05, 0) is 63.1 Å². The highest BCUT2D eigenvalue weighted by Gasteiger charge is 2.52. The smallest absolute Gasteiger partial charge is 0.325 e. The molecule has 1 aromatic rings. The lowest BCUT2D eigenvalue weighted by molar-refractivity contribution is -0.140. The molecule has 4 amide bonds. The minimum Gasteiger partial charge on any atom is -0.335 e. The van der Waals surface area contributed by atoms with Crippen LogP contribution in [0, 0.1) is 17.2 Å². The number of likely N-dealkylation sites (N-methyl/N-ethyl adjacent to an activating group) is 1. The summed E-state index contributed by atoms with van der Waals surface area (Å²) in [7, 11) is 0. The van der Waals surface area contributed by atoms with Gasteiger partial charge in [0.25, 0.3) is 5.91 Å². The monoisotopic (exact) mass is 410 g/mol. The molecule has 30 heavy (non-hydrogen) atoms. The molecule has 1 aromatic carbocycles. The van der Waals surface area contributed by atoms with Crippen molar-refractivity contribution in [2.24, 2.45) is 5.92 Å². The molecule has 7 heteroatoms. The van der Waals surface area contributed by atoms with Crippen molar-refractivity contribution in [3.05, 3.63) is 35.4 Å². The Labute approximate surface area is 178 Å². The van der Waals surface area contributed by atoms with Gasteiger partial charge in [0.2, 0.25) is 5.91 Å². The predicted molar refractivity (Wildman–Crippen MR) is 112 cm³/mol. The van der Waals surface area contributed by atoms with Gasteiger partial charge in [-0.15, -0.1) is 0 Å². The van der Waals surface area contributed by atoms with Crippen molar-refractivity contribution in [1.29, 1.82) is 5.26 Å². The molecule has 7 nitrogen and oxygen atoms in total. The number of carbonyl (C=O) groups is 3. The fourth-order valence-electron chi connectivity index (χ4n) is 4.65. The molecule has 1 heterocycles. The molecular weight excluding hydrogens is 380 g/mol. The van der Waals surface area contributed by atoms with Gasteiger partial charge in [0, 0.05) is 6.54 Å². The van der Waals surface area contributed by atoms with Crippen molar-refractivity contribution >= 4 is 17.8 Å². The zero-order valence-corrected chi connectivity index (χ0v) is 18.0. The number of amides is 4. The van der Waals surface area contributed by atoms with Gasteiger partial charge in [0.15, 0.2) is 0 Å². The third-order valence-electron chi connectivity index (χ3n) is 6.73. The quantitative estimate of drug-likeness (QED) is 0.728. The van der Waals surface area contributed by atoms with Crippen LogP contribution in [0.15, 0.2) is 24.3 Å². The van der Waals surface area contributed by atoms with Gasteiger partial charge in [-0.2, -0.15) is 5.26 Å². The van der Waals surface area contributed by atoms with Crippen LogP contribution in [0.5, 0.6) is 0 Å². The van der Waals surface area contributed by atoms with Gasteiger partial charge in [0.1, 0.15) is 12.1 Å². The summed E-state index contributed by atoms with van der Waals surface area (Å²) >= 11 is 0. The van der Waals surface area contributed by atoms with Crippen molar-refractivity contribution in [1.82, 2.24) is 15.1 Å². The average Bonchev–Trinajstić information content (AvgIpc) is 2.98. The molecule has 0 radical (unpaired) electrons. The number of nitrogens with zero attached hydrogens (tertiary/aromatic N) is 3. The van der Waals surface area contributed by atoms with Gasteiger partial charge in [-0.1, -0.05) is 25.5 Å². The Morgan fingerprint density at radius 1 is 1.27 bits per heavy atom. The molecule has 1 saturated carbocycles. The first-order chi connectivity index (χ1) is 14.3. The fraction of sp³-hybridized carbons (Fsp3) is 0.565. The lowest BCUT2D eigenvalue weighted by Crippen LogP contribution is -2.50. The van der Waals surface area contributed by atoms with Crippen molar-refractivity contribution in [2.75, 3.05) is 13.1 Å². The summed E-state index contributed by atoms with van der Waals surface area (Å²) < 4.78 is 0. The normalized spacial score (nSPS) is 24.5. The maximum Gasteiger partial charge on any atom is 0.325 e. The van der Waals surface area contributed by atoms with Crippen LogP contribution in [0.2, 0.25) is 0 Å². The molecule has 1 spiro atoms. The molecule has 160 valence electrons. The minimum absolute atomic E-state index is 0.232. The van der Waals surface area contributed by atoms with E-state index in [2.05, 4.69) is 18.3 Å². The first-order valence-corrected chi connectivity index (χ1v) is 10.8. The number of carbonyl (C=O) groups excluding carboxylic acids is 3. The number of urea groups is 1. The molecule has 2 aliphatic rings. The van der Waals surface area contributed by atoms with E-state index in [1.54, 1.807) is 17.0 Å². The SMILES string of the molecule is CCC1CCC2(CC1)NC(=O)N(CC(=O)N(CC)C(C)c1ccc(C#N)cc1)C2=O. The molecule has 1 aliphatic carbocycles. The second-order valence-electron chi connectivity index (χ2n) is 8.34. The van der Waals surface area contributed by atoms with Crippen LogP contribution >= 0.6 is 0 Å². The topological polar surface area (TPSA) is 93.5 Å². The Morgan fingerprint density at radius 2 is 1.90 bits per heavy atom. The summed E-state index contributed by atoms with van der Waals surface area (Å²) in [5, 5.41) is 11.8. The lowest BCUT2D eigenvalue weighted by Gasteiger charge is -2.34. The number of hydrogen-bond donors (Lipinski definition) is 1. The standard InChI is InChI=1S/C23H30N4O3/c1-4-17-10-12-23(13-11-17)21(29)27(22(30)25-23)15-20(28)26(5-2)16(3)19-8-6-18(14-24)7-9-19/h6-9,16-17H,4-5,10-13,15H2,1-3H3,(H,25,30). The Morgan fingerprint density at radius 3 is 2.43 bits per heavy atom. The highest BCUT2D eigenvalue weighted by molar-refractivity contribution is 6.09. The molecular formula is C23H30N4O3. The number of benzene rings is 1. The molecule has 1 saturated heterocycles. The first kappa shape index (κ1) is 21.8. The van der Waals surface area contributed by atoms with Crippen LogP contribution in [-0.2, 0) is 9.59 Å². The van der Waals surface area contributed by atoms with E-state index in [1.807, 2.05) is 26.0 Å². The summed E-state index contributed by atoms with van der Waals surface area (Å²) in [4.78, 5) is 41.4. The molecule has 1 N–H and O–H groups in total. The minimum atomic E-state index is -0.835. The van der Waals surface area contributed by atoms with Crippen molar-refractivity contribution < 1.29 is 14.4 Å². The van der Waals surface area contributed by atoms with E-state index in [0.717, 1.165) is 29.7 Å².